The number of H-pyrrole nitrogens is 1. The first-order chi connectivity index (χ1) is 14.6. The number of carbonyl (C=O) groups excluding carboxylic acids is 1. The fraction of sp³-hybridized carbons (Fsp3) is 0.348. The minimum Gasteiger partial charge on any atom is -0.378 e. The summed E-state index contributed by atoms with van der Waals surface area (Å²) in [5.74, 6) is -0.260. The van der Waals surface area contributed by atoms with Crippen molar-refractivity contribution in [2.75, 3.05) is 44.8 Å². The molecule has 0 atom stereocenters. The molecule has 0 spiro atoms. The zero-order valence-electron chi connectivity index (χ0n) is 17.2. The van der Waals surface area contributed by atoms with Gasteiger partial charge in [0.15, 0.2) is 0 Å². The summed E-state index contributed by atoms with van der Waals surface area (Å²) in [6, 6.07) is 12.9. The highest BCUT2D eigenvalue weighted by molar-refractivity contribution is 5.83. The Morgan fingerprint density at radius 2 is 1.97 bits per heavy atom. The standard InChI is InChI=1S/C23H27FN4O2/c1-27(16-17-2-5-20(6-3-17)28-10-12-30-13-11-28)23(29)25-9-8-18-15-26-22-14-19(24)4-7-21(18)22/h2-7,14-15,26H,8-13,16H2,1H3,(H,25,29). The monoisotopic (exact) mass is 410 g/mol. The molecule has 30 heavy (non-hydrogen) atoms. The molecule has 6 nitrogen and oxygen atoms in total. The van der Waals surface area contributed by atoms with Crippen LogP contribution in [0.4, 0.5) is 14.9 Å². The molecule has 1 saturated heterocycles. The van der Waals surface area contributed by atoms with Crippen molar-refractivity contribution in [3.05, 3.63) is 65.6 Å². The highest BCUT2D eigenvalue weighted by Crippen LogP contribution is 2.20. The highest BCUT2D eigenvalue weighted by atomic mass is 19.1. The van der Waals surface area contributed by atoms with Crippen LogP contribution in [0.15, 0.2) is 48.7 Å². The van der Waals surface area contributed by atoms with Gasteiger partial charge < -0.3 is 24.8 Å². The number of anilines is 1. The molecular formula is C23H27FN4O2. The predicted octanol–water partition coefficient (Wildman–Crippen LogP) is 3.53. The van der Waals surface area contributed by atoms with Crippen LogP contribution in [0.25, 0.3) is 10.9 Å². The van der Waals surface area contributed by atoms with Crippen LogP contribution in [0, 0.1) is 5.82 Å². The van der Waals surface area contributed by atoms with Gasteiger partial charge in [0.2, 0.25) is 0 Å². The number of amides is 2. The molecule has 0 unspecified atom stereocenters. The molecule has 2 amide bonds. The summed E-state index contributed by atoms with van der Waals surface area (Å²) in [6.45, 7) is 4.41. The van der Waals surface area contributed by atoms with Crippen molar-refractivity contribution in [2.45, 2.75) is 13.0 Å². The maximum atomic E-state index is 13.3. The van der Waals surface area contributed by atoms with E-state index in [9.17, 15) is 9.18 Å². The second-order valence-corrected chi connectivity index (χ2v) is 7.61. The van der Waals surface area contributed by atoms with Crippen LogP contribution in [0.5, 0.6) is 0 Å². The lowest BCUT2D eigenvalue weighted by Gasteiger charge is -2.29. The van der Waals surface area contributed by atoms with Crippen LogP contribution in [-0.4, -0.2) is 55.8 Å². The van der Waals surface area contributed by atoms with Gasteiger partial charge in [-0.2, -0.15) is 0 Å². The van der Waals surface area contributed by atoms with E-state index in [4.69, 9.17) is 4.74 Å². The van der Waals surface area contributed by atoms with E-state index in [0.29, 0.717) is 19.5 Å². The van der Waals surface area contributed by atoms with Gasteiger partial charge in [-0.15, -0.1) is 0 Å². The van der Waals surface area contributed by atoms with E-state index < -0.39 is 0 Å². The summed E-state index contributed by atoms with van der Waals surface area (Å²) in [5.41, 5.74) is 4.11. The Hall–Kier alpha value is -3.06. The number of carbonyl (C=O) groups is 1. The summed E-state index contributed by atoms with van der Waals surface area (Å²) in [5, 5.41) is 3.94. The molecule has 1 aliphatic rings. The van der Waals surface area contributed by atoms with Crippen LogP contribution in [0.3, 0.4) is 0 Å². The molecule has 0 bridgehead atoms. The van der Waals surface area contributed by atoms with E-state index in [-0.39, 0.29) is 11.8 Å². The molecule has 0 radical (unpaired) electrons. The first kappa shape index (κ1) is 20.2. The lowest BCUT2D eigenvalue weighted by atomic mass is 10.1. The maximum Gasteiger partial charge on any atom is 0.317 e. The highest BCUT2D eigenvalue weighted by Gasteiger charge is 2.13. The fourth-order valence-corrected chi connectivity index (χ4v) is 3.78. The Balaban J connectivity index is 1.26. The average Bonchev–Trinajstić information content (AvgIpc) is 3.16. The lowest BCUT2D eigenvalue weighted by molar-refractivity contribution is 0.122. The number of ether oxygens (including phenoxy) is 1. The Morgan fingerprint density at radius 1 is 1.20 bits per heavy atom. The van der Waals surface area contributed by atoms with Crippen LogP contribution in [-0.2, 0) is 17.7 Å². The Morgan fingerprint density at radius 3 is 2.73 bits per heavy atom. The van der Waals surface area contributed by atoms with Crippen molar-refractivity contribution in [1.82, 2.24) is 15.2 Å². The molecule has 1 aliphatic heterocycles. The second kappa shape index (κ2) is 9.17. The second-order valence-electron chi connectivity index (χ2n) is 7.61. The Bertz CT molecular complexity index is 996. The molecule has 2 N–H and O–H groups in total. The summed E-state index contributed by atoms with van der Waals surface area (Å²) in [4.78, 5) is 19.5. The molecule has 2 aromatic carbocycles. The third kappa shape index (κ3) is 4.74. The summed E-state index contributed by atoms with van der Waals surface area (Å²) >= 11 is 0. The van der Waals surface area contributed by atoms with E-state index in [0.717, 1.165) is 48.3 Å². The first-order valence-corrected chi connectivity index (χ1v) is 10.3. The summed E-state index contributed by atoms with van der Waals surface area (Å²) < 4.78 is 18.7. The van der Waals surface area contributed by atoms with Gasteiger partial charge in [0, 0.05) is 56.0 Å². The van der Waals surface area contributed by atoms with Crippen molar-refractivity contribution < 1.29 is 13.9 Å². The van der Waals surface area contributed by atoms with Crippen LogP contribution in [0.1, 0.15) is 11.1 Å². The SMILES string of the molecule is CN(Cc1ccc(N2CCOCC2)cc1)C(=O)NCCc1c[nH]c2cc(F)ccc12. The number of rotatable bonds is 6. The smallest absolute Gasteiger partial charge is 0.317 e. The van der Waals surface area contributed by atoms with Crippen molar-refractivity contribution in [2.24, 2.45) is 0 Å². The molecule has 7 heteroatoms. The number of nitrogens with zero attached hydrogens (tertiary/aromatic N) is 2. The number of hydrogen-bond donors (Lipinski definition) is 2. The molecule has 0 saturated carbocycles. The zero-order chi connectivity index (χ0) is 20.9. The van der Waals surface area contributed by atoms with Gasteiger partial charge in [-0.3, -0.25) is 0 Å². The van der Waals surface area contributed by atoms with Gasteiger partial charge in [0.25, 0.3) is 0 Å². The van der Waals surface area contributed by atoms with E-state index in [1.54, 1.807) is 18.0 Å². The Labute approximate surface area is 175 Å². The topological polar surface area (TPSA) is 60.6 Å². The van der Waals surface area contributed by atoms with Crippen LogP contribution >= 0.6 is 0 Å². The minimum atomic E-state index is -0.260. The fourth-order valence-electron chi connectivity index (χ4n) is 3.78. The molecule has 1 aromatic heterocycles. The number of hydrogen-bond acceptors (Lipinski definition) is 3. The van der Waals surface area contributed by atoms with Gasteiger partial charge in [-0.05, 0) is 47.9 Å². The largest absolute Gasteiger partial charge is 0.378 e. The zero-order valence-corrected chi connectivity index (χ0v) is 17.2. The number of halogens is 1. The predicted molar refractivity (Wildman–Crippen MR) is 116 cm³/mol. The molecule has 0 aliphatic carbocycles. The number of fused-ring (bicyclic) bond motifs is 1. The summed E-state index contributed by atoms with van der Waals surface area (Å²) in [7, 11) is 1.79. The van der Waals surface area contributed by atoms with Crippen molar-refractivity contribution in [1.29, 1.82) is 0 Å². The maximum absolute atomic E-state index is 13.3. The van der Waals surface area contributed by atoms with Gasteiger partial charge >= 0.3 is 6.03 Å². The van der Waals surface area contributed by atoms with E-state index in [1.807, 2.05) is 6.20 Å². The molecule has 158 valence electrons. The van der Waals surface area contributed by atoms with Crippen LogP contribution < -0.4 is 10.2 Å². The van der Waals surface area contributed by atoms with Gasteiger partial charge in [-0.25, -0.2) is 9.18 Å². The third-order valence-electron chi connectivity index (χ3n) is 5.48. The quantitative estimate of drug-likeness (QED) is 0.654. The van der Waals surface area contributed by atoms with E-state index in [2.05, 4.69) is 39.5 Å². The van der Waals surface area contributed by atoms with Gasteiger partial charge in [0.05, 0.1) is 13.2 Å². The Kier molecular flexibility index (Phi) is 6.18. The van der Waals surface area contributed by atoms with Crippen LogP contribution in [0.2, 0.25) is 0 Å². The molecule has 4 rings (SSSR count). The lowest BCUT2D eigenvalue weighted by Crippen LogP contribution is -2.38. The van der Waals surface area contributed by atoms with Crippen molar-refractivity contribution >= 4 is 22.6 Å². The molecule has 1 fully saturated rings. The van der Waals surface area contributed by atoms with Gasteiger partial charge in [0.1, 0.15) is 5.82 Å². The van der Waals surface area contributed by atoms with Gasteiger partial charge in [-0.1, -0.05) is 12.1 Å². The molecular weight excluding hydrogens is 383 g/mol. The molecule has 2 heterocycles. The number of morpholine rings is 1. The van der Waals surface area contributed by atoms with E-state index in [1.165, 1.54) is 17.8 Å². The average molecular weight is 410 g/mol. The normalized spacial score (nSPS) is 14.1. The van der Waals surface area contributed by atoms with Crippen molar-refractivity contribution in [3.8, 4) is 0 Å². The van der Waals surface area contributed by atoms with Crippen molar-refractivity contribution in [3.63, 3.8) is 0 Å². The number of benzene rings is 2. The minimum absolute atomic E-state index is 0.113. The summed E-state index contributed by atoms with van der Waals surface area (Å²) in [6.07, 6.45) is 2.55. The number of aromatic nitrogens is 1. The third-order valence-corrected chi connectivity index (χ3v) is 5.48. The molecule has 3 aromatic rings. The van der Waals surface area contributed by atoms with E-state index >= 15 is 0 Å². The number of nitrogens with one attached hydrogen (secondary N) is 2. The first-order valence-electron chi connectivity index (χ1n) is 10.3. The number of urea groups is 1. The number of aromatic amines is 1.